The molecular weight excluding hydrogens is 448 g/mol. The number of ether oxygens (including phenoxy) is 2. The van der Waals surface area contributed by atoms with E-state index in [9.17, 15) is 19.5 Å². The molecule has 1 saturated carbocycles. The second-order valence-corrected chi connectivity index (χ2v) is 9.23. The fourth-order valence-electron chi connectivity index (χ4n) is 5.19. The summed E-state index contributed by atoms with van der Waals surface area (Å²) in [6, 6.07) is 14.7. The summed E-state index contributed by atoms with van der Waals surface area (Å²) in [6.07, 6.45) is 1.63. The number of benzene rings is 2. The number of fused-ring (bicyclic) bond motifs is 3. The van der Waals surface area contributed by atoms with Gasteiger partial charge in [-0.1, -0.05) is 61.4 Å². The Morgan fingerprint density at radius 3 is 2.20 bits per heavy atom. The number of carboxylic acid groups (broad SMARTS) is 1. The highest BCUT2D eigenvalue weighted by molar-refractivity contribution is 5.86. The van der Waals surface area contributed by atoms with Crippen molar-refractivity contribution in [2.45, 2.75) is 56.7 Å². The molecule has 0 saturated heterocycles. The summed E-state index contributed by atoms with van der Waals surface area (Å²) < 4.78 is 10.7. The van der Waals surface area contributed by atoms with E-state index >= 15 is 0 Å². The molecule has 0 aromatic heterocycles. The zero-order valence-corrected chi connectivity index (χ0v) is 20.0. The van der Waals surface area contributed by atoms with E-state index in [-0.39, 0.29) is 12.5 Å². The Labute approximate surface area is 205 Å². The van der Waals surface area contributed by atoms with E-state index in [2.05, 4.69) is 34.9 Å². The van der Waals surface area contributed by atoms with Crippen LogP contribution in [0.4, 0.5) is 4.79 Å². The van der Waals surface area contributed by atoms with Crippen molar-refractivity contribution in [2.24, 2.45) is 5.92 Å². The van der Waals surface area contributed by atoms with Crippen molar-refractivity contribution < 1.29 is 29.0 Å². The Hall–Kier alpha value is -3.39. The summed E-state index contributed by atoms with van der Waals surface area (Å²) in [5.74, 6) is -2.14. The quantitative estimate of drug-likeness (QED) is 0.531. The minimum atomic E-state index is -1.16. The maximum absolute atomic E-state index is 12.9. The molecule has 0 heterocycles. The van der Waals surface area contributed by atoms with E-state index < -0.39 is 42.1 Å². The van der Waals surface area contributed by atoms with Crippen LogP contribution in [0.5, 0.6) is 0 Å². The molecule has 3 N–H and O–H groups in total. The van der Waals surface area contributed by atoms with Crippen LogP contribution < -0.4 is 10.6 Å². The highest BCUT2D eigenvalue weighted by atomic mass is 16.5. The minimum absolute atomic E-state index is 0.0505. The summed E-state index contributed by atoms with van der Waals surface area (Å²) in [4.78, 5) is 37.3. The lowest BCUT2D eigenvalue weighted by Gasteiger charge is -2.32. The van der Waals surface area contributed by atoms with Crippen LogP contribution in [0.2, 0.25) is 0 Å². The molecule has 0 bridgehead atoms. The van der Waals surface area contributed by atoms with Crippen LogP contribution in [0.15, 0.2) is 48.5 Å². The molecular formula is C27H32N2O6. The lowest BCUT2D eigenvalue weighted by atomic mass is 9.83. The van der Waals surface area contributed by atoms with Gasteiger partial charge >= 0.3 is 12.1 Å². The predicted octanol–water partition coefficient (Wildman–Crippen LogP) is 3.69. The van der Waals surface area contributed by atoms with E-state index in [4.69, 9.17) is 9.47 Å². The highest BCUT2D eigenvalue weighted by Crippen LogP contribution is 2.44. The van der Waals surface area contributed by atoms with Gasteiger partial charge in [-0.15, -0.1) is 0 Å². The first kappa shape index (κ1) is 24.7. The molecule has 8 heteroatoms. The third-order valence-electron chi connectivity index (χ3n) is 7.15. The fourth-order valence-corrected chi connectivity index (χ4v) is 5.19. The van der Waals surface area contributed by atoms with Crippen molar-refractivity contribution in [3.05, 3.63) is 59.7 Å². The Balaban J connectivity index is 1.39. The molecule has 1 fully saturated rings. The molecule has 4 unspecified atom stereocenters. The lowest BCUT2D eigenvalue weighted by Crippen LogP contribution is -2.54. The van der Waals surface area contributed by atoms with Crippen molar-refractivity contribution in [3.8, 4) is 11.1 Å². The first-order chi connectivity index (χ1) is 16.9. The van der Waals surface area contributed by atoms with Crippen LogP contribution in [0.3, 0.4) is 0 Å². The molecule has 186 valence electrons. The zero-order valence-electron chi connectivity index (χ0n) is 20.0. The number of hydrogen-bond acceptors (Lipinski definition) is 5. The van der Waals surface area contributed by atoms with Gasteiger partial charge in [0.05, 0.1) is 12.0 Å². The number of amides is 2. The molecule has 0 spiro atoms. The molecule has 0 aliphatic heterocycles. The van der Waals surface area contributed by atoms with E-state index in [0.29, 0.717) is 12.8 Å². The van der Waals surface area contributed by atoms with Gasteiger partial charge in [0.15, 0.2) is 6.04 Å². The Bertz CT molecular complexity index is 1040. The number of carboxylic acids is 1. The Morgan fingerprint density at radius 2 is 1.60 bits per heavy atom. The molecule has 4 atom stereocenters. The summed E-state index contributed by atoms with van der Waals surface area (Å²) in [5, 5.41) is 14.9. The number of rotatable bonds is 8. The van der Waals surface area contributed by atoms with Crippen LogP contribution in [0.25, 0.3) is 11.1 Å². The summed E-state index contributed by atoms with van der Waals surface area (Å²) in [6.45, 7) is 1.78. The van der Waals surface area contributed by atoms with E-state index in [1.807, 2.05) is 24.3 Å². The van der Waals surface area contributed by atoms with Gasteiger partial charge in [0.25, 0.3) is 0 Å². The third-order valence-corrected chi connectivity index (χ3v) is 7.15. The standard InChI is InChI=1S/C27H32N2O6/c1-16(34-2)24(26(31)32)29-25(30)21-13-7-8-14-23(21)28-27(33)35-15-22-19-11-5-3-9-17(19)18-10-4-6-12-20(18)22/h3-6,9-12,16,21-24H,7-8,13-15H2,1-2H3,(H,28,33)(H,29,30)(H,31,32). The van der Waals surface area contributed by atoms with Crippen molar-refractivity contribution in [2.75, 3.05) is 13.7 Å². The average molecular weight is 481 g/mol. The average Bonchev–Trinajstić information content (AvgIpc) is 3.19. The highest BCUT2D eigenvalue weighted by Gasteiger charge is 2.36. The molecule has 4 rings (SSSR count). The van der Waals surface area contributed by atoms with E-state index in [1.54, 1.807) is 6.92 Å². The van der Waals surface area contributed by atoms with Crippen molar-refractivity contribution >= 4 is 18.0 Å². The molecule has 8 nitrogen and oxygen atoms in total. The van der Waals surface area contributed by atoms with Gasteiger partial charge in [-0.3, -0.25) is 4.79 Å². The van der Waals surface area contributed by atoms with Crippen molar-refractivity contribution in [3.63, 3.8) is 0 Å². The summed E-state index contributed by atoms with van der Waals surface area (Å²) in [7, 11) is 1.40. The van der Waals surface area contributed by atoms with Gasteiger partial charge < -0.3 is 25.2 Å². The van der Waals surface area contributed by atoms with Gasteiger partial charge in [0.1, 0.15) is 6.61 Å². The van der Waals surface area contributed by atoms with Crippen LogP contribution in [-0.4, -0.2) is 55.0 Å². The SMILES string of the molecule is COC(C)C(NC(=O)C1CCCCC1NC(=O)OCC1c2ccccc2-c2ccccc21)C(=O)O. The van der Waals surface area contributed by atoms with Crippen molar-refractivity contribution in [1.29, 1.82) is 0 Å². The number of methoxy groups -OCH3 is 1. The van der Waals surface area contributed by atoms with Gasteiger partial charge in [-0.2, -0.15) is 0 Å². The lowest BCUT2D eigenvalue weighted by molar-refractivity contribution is -0.146. The summed E-state index contributed by atoms with van der Waals surface area (Å²) >= 11 is 0. The second-order valence-electron chi connectivity index (χ2n) is 9.23. The number of alkyl carbamates (subject to hydrolysis) is 1. The molecule has 2 aliphatic carbocycles. The van der Waals surface area contributed by atoms with Gasteiger partial charge in [-0.05, 0) is 42.0 Å². The molecule has 2 aromatic carbocycles. The first-order valence-corrected chi connectivity index (χ1v) is 12.1. The van der Waals surface area contributed by atoms with E-state index in [1.165, 1.54) is 7.11 Å². The topological polar surface area (TPSA) is 114 Å². The van der Waals surface area contributed by atoms with Gasteiger partial charge in [-0.25, -0.2) is 9.59 Å². The normalized spacial score (nSPS) is 20.7. The van der Waals surface area contributed by atoms with Crippen LogP contribution in [-0.2, 0) is 19.1 Å². The molecule has 0 radical (unpaired) electrons. The Morgan fingerprint density at radius 1 is 1.00 bits per heavy atom. The predicted molar refractivity (Wildman–Crippen MR) is 130 cm³/mol. The smallest absolute Gasteiger partial charge is 0.407 e. The third kappa shape index (κ3) is 5.32. The number of hydrogen-bond donors (Lipinski definition) is 3. The number of nitrogens with one attached hydrogen (secondary N) is 2. The second kappa shape index (κ2) is 10.9. The van der Waals surface area contributed by atoms with Crippen LogP contribution >= 0.6 is 0 Å². The molecule has 2 amide bonds. The largest absolute Gasteiger partial charge is 0.480 e. The fraction of sp³-hybridized carbons (Fsp3) is 0.444. The van der Waals surface area contributed by atoms with Gasteiger partial charge in [0.2, 0.25) is 5.91 Å². The maximum atomic E-state index is 12.9. The molecule has 2 aromatic rings. The number of carbonyl (C=O) groups is 3. The number of carbonyl (C=O) groups excluding carboxylic acids is 2. The maximum Gasteiger partial charge on any atom is 0.407 e. The molecule has 2 aliphatic rings. The van der Waals surface area contributed by atoms with Crippen LogP contribution in [0.1, 0.15) is 49.7 Å². The molecule has 35 heavy (non-hydrogen) atoms. The monoisotopic (exact) mass is 480 g/mol. The summed E-state index contributed by atoms with van der Waals surface area (Å²) in [5.41, 5.74) is 4.56. The minimum Gasteiger partial charge on any atom is -0.480 e. The first-order valence-electron chi connectivity index (χ1n) is 12.1. The Kier molecular flexibility index (Phi) is 7.70. The van der Waals surface area contributed by atoms with Crippen molar-refractivity contribution in [1.82, 2.24) is 10.6 Å². The van der Waals surface area contributed by atoms with Crippen LogP contribution in [0, 0.1) is 5.92 Å². The van der Waals surface area contributed by atoms with E-state index in [0.717, 1.165) is 35.1 Å². The van der Waals surface area contributed by atoms with Gasteiger partial charge in [0, 0.05) is 19.1 Å². The zero-order chi connectivity index (χ0) is 24.9. The number of aliphatic carboxylic acids is 1.